The van der Waals surface area contributed by atoms with E-state index in [1.54, 1.807) is 33.9 Å². The van der Waals surface area contributed by atoms with Crippen LogP contribution in [0.15, 0.2) is 10.6 Å². The molecule has 114 valence electrons. The van der Waals surface area contributed by atoms with E-state index in [0.29, 0.717) is 11.6 Å². The highest BCUT2D eigenvalue weighted by Gasteiger charge is 2.29. The van der Waals surface area contributed by atoms with Crippen LogP contribution in [-0.4, -0.2) is 42.0 Å². The SMILES string of the molecule is Cc1cc(NC(=O)CN(C)C(=O)C(C)(C)CN)no1.Cl. The number of nitrogens with two attached hydrogens (primary N) is 1. The minimum atomic E-state index is -0.681. The van der Waals surface area contributed by atoms with Gasteiger partial charge < -0.3 is 20.5 Å². The van der Waals surface area contributed by atoms with Crippen molar-refractivity contribution in [2.24, 2.45) is 11.1 Å². The average Bonchev–Trinajstić information content (AvgIpc) is 2.73. The van der Waals surface area contributed by atoms with Crippen LogP contribution in [0, 0.1) is 12.3 Å². The van der Waals surface area contributed by atoms with E-state index in [2.05, 4.69) is 10.5 Å². The molecule has 1 heterocycles. The Bertz CT molecular complexity index is 473. The first-order valence-corrected chi connectivity index (χ1v) is 5.95. The molecule has 0 aliphatic rings. The number of aromatic nitrogens is 1. The van der Waals surface area contributed by atoms with Gasteiger partial charge >= 0.3 is 0 Å². The molecule has 0 atom stereocenters. The van der Waals surface area contributed by atoms with Crippen molar-refractivity contribution in [3.8, 4) is 0 Å². The number of hydrogen-bond acceptors (Lipinski definition) is 5. The van der Waals surface area contributed by atoms with Crippen molar-refractivity contribution in [3.63, 3.8) is 0 Å². The van der Waals surface area contributed by atoms with Gasteiger partial charge in [0.1, 0.15) is 5.76 Å². The number of anilines is 1. The second-order valence-corrected chi connectivity index (χ2v) is 5.12. The molecule has 0 saturated heterocycles. The molecule has 0 fully saturated rings. The Labute approximate surface area is 124 Å². The maximum Gasteiger partial charge on any atom is 0.245 e. The van der Waals surface area contributed by atoms with E-state index in [-0.39, 0.29) is 37.3 Å². The van der Waals surface area contributed by atoms with Crippen LogP contribution in [-0.2, 0) is 9.59 Å². The number of rotatable bonds is 5. The molecule has 0 saturated carbocycles. The van der Waals surface area contributed by atoms with Crippen molar-refractivity contribution in [3.05, 3.63) is 11.8 Å². The van der Waals surface area contributed by atoms with Gasteiger partial charge in [-0.05, 0) is 20.8 Å². The zero-order valence-corrected chi connectivity index (χ0v) is 12.9. The van der Waals surface area contributed by atoms with Crippen LogP contribution in [0.5, 0.6) is 0 Å². The first kappa shape index (κ1) is 18.4. The molecule has 8 heteroatoms. The van der Waals surface area contributed by atoms with Crippen molar-refractivity contribution in [1.82, 2.24) is 10.1 Å². The van der Waals surface area contributed by atoms with Crippen LogP contribution in [0.3, 0.4) is 0 Å². The fourth-order valence-corrected chi connectivity index (χ4v) is 1.50. The first-order valence-electron chi connectivity index (χ1n) is 5.95. The summed E-state index contributed by atoms with van der Waals surface area (Å²) >= 11 is 0. The van der Waals surface area contributed by atoms with Gasteiger partial charge in [-0.25, -0.2) is 0 Å². The van der Waals surface area contributed by atoms with Crippen molar-refractivity contribution in [1.29, 1.82) is 0 Å². The summed E-state index contributed by atoms with van der Waals surface area (Å²) in [6, 6.07) is 1.60. The molecule has 0 aliphatic carbocycles. The third-order valence-corrected chi connectivity index (χ3v) is 2.71. The Kier molecular flexibility index (Phi) is 6.67. The lowest BCUT2D eigenvalue weighted by atomic mass is 9.92. The lowest BCUT2D eigenvalue weighted by Gasteiger charge is -2.27. The van der Waals surface area contributed by atoms with Crippen LogP contribution >= 0.6 is 12.4 Å². The molecule has 2 amide bonds. The van der Waals surface area contributed by atoms with Crippen molar-refractivity contribution >= 4 is 30.0 Å². The van der Waals surface area contributed by atoms with Gasteiger partial charge in [0.2, 0.25) is 11.8 Å². The number of carbonyl (C=O) groups excluding carboxylic acids is 2. The quantitative estimate of drug-likeness (QED) is 0.837. The highest BCUT2D eigenvalue weighted by Crippen LogP contribution is 2.16. The Hall–Kier alpha value is -1.60. The van der Waals surface area contributed by atoms with E-state index in [4.69, 9.17) is 10.3 Å². The van der Waals surface area contributed by atoms with Gasteiger partial charge in [-0.15, -0.1) is 12.4 Å². The summed E-state index contributed by atoms with van der Waals surface area (Å²) < 4.78 is 4.83. The van der Waals surface area contributed by atoms with Crippen molar-refractivity contribution in [2.75, 3.05) is 25.5 Å². The van der Waals surface area contributed by atoms with Gasteiger partial charge in [0.05, 0.1) is 12.0 Å². The molecular weight excluding hydrogens is 284 g/mol. The molecule has 3 N–H and O–H groups in total. The van der Waals surface area contributed by atoms with Crippen LogP contribution in [0.1, 0.15) is 19.6 Å². The van der Waals surface area contributed by atoms with E-state index >= 15 is 0 Å². The fraction of sp³-hybridized carbons (Fsp3) is 0.583. The third-order valence-electron chi connectivity index (χ3n) is 2.71. The molecule has 0 unspecified atom stereocenters. The van der Waals surface area contributed by atoms with E-state index in [9.17, 15) is 9.59 Å². The number of halogens is 1. The molecule has 1 aromatic heterocycles. The number of amides is 2. The number of aryl methyl sites for hydroxylation is 1. The largest absolute Gasteiger partial charge is 0.360 e. The lowest BCUT2D eigenvalue weighted by molar-refractivity contribution is -0.140. The second-order valence-electron chi connectivity index (χ2n) is 5.12. The summed E-state index contributed by atoms with van der Waals surface area (Å²) in [5.74, 6) is 0.420. The standard InChI is InChI=1S/C12H20N4O3.ClH/c1-8-5-9(15-19-8)14-10(17)6-16(4)11(18)12(2,3)7-13;/h5H,6-7,13H2,1-4H3,(H,14,15,17);1H. The Balaban J connectivity index is 0.00000361. The minimum Gasteiger partial charge on any atom is -0.360 e. The molecule has 0 radical (unpaired) electrons. The Morgan fingerprint density at radius 2 is 2.10 bits per heavy atom. The number of hydrogen-bond donors (Lipinski definition) is 2. The van der Waals surface area contributed by atoms with E-state index < -0.39 is 5.41 Å². The molecular formula is C12H21ClN4O3. The van der Waals surface area contributed by atoms with Gasteiger partial charge in [-0.2, -0.15) is 0 Å². The molecule has 0 aromatic carbocycles. The van der Waals surface area contributed by atoms with Crippen LogP contribution in [0.25, 0.3) is 0 Å². The van der Waals surface area contributed by atoms with E-state index in [0.717, 1.165) is 0 Å². The van der Waals surface area contributed by atoms with Crippen LogP contribution < -0.4 is 11.1 Å². The van der Waals surface area contributed by atoms with Crippen molar-refractivity contribution < 1.29 is 14.1 Å². The van der Waals surface area contributed by atoms with Crippen LogP contribution in [0.2, 0.25) is 0 Å². The summed E-state index contributed by atoms with van der Waals surface area (Å²) in [5.41, 5.74) is 4.85. The number of nitrogens with one attached hydrogen (secondary N) is 1. The maximum atomic E-state index is 12.0. The zero-order chi connectivity index (χ0) is 14.6. The first-order chi connectivity index (χ1) is 8.76. The molecule has 0 aliphatic heterocycles. The second kappa shape index (κ2) is 7.25. The smallest absolute Gasteiger partial charge is 0.245 e. The summed E-state index contributed by atoms with van der Waals surface area (Å²) in [6.45, 7) is 5.37. The number of likely N-dealkylation sites (N-methyl/N-ethyl adjacent to an activating group) is 1. The molecule has 1 rings (SSSR count). The minimum absolute atomic E-state index is 0. The van der Waals surface area contributed by atoms with Crippen molar-refractivity contribution in [2.45, 2.75) is 20.8 Å². The Morgan fingerprint density at radius 3 is 2.55 bits per heavy atom. The maximum absolute atomic E-state index is 12.0. The van der Waals surface area contributed by atoms with Gasteiger partial charge in [-0.1, -0.05) is 5.16 Å². The highest BCUT2D eigenvalue weighted by molar-refractivity contribution is 5.94. The third kappa shape index (κ3) is 4.82. The molecule has 7 nitrogen and oxygen atoms in total. The van der Waals surface area contributed by atoms with E-state index in [1.165, 1.54) is 4.90 Å². The van der Waals surface area contributed by atoms with Gasteiger partial charge in [-0.3, -0.25) is 9.59 Å². The zero-order valence-electron chi connectivity index (χ0n) is 12.1. The van der Waals surface area contributed by atoms with Gasteiger partial charge in [0.15, 0.2) is 5.82 Å². The molecule has 0 bridgehead atoms. The van der Waals surface area contributed by atoms with Gasteiger partial charge in [0.25, 0.3) is 0 Å². The fourth-order valence-electron chi connectivity index (χ4n) is 1.50. The predicted octanol–water partition coefficient (Wildman–Crippen LogP) is 0.787. The number of carbonyl (C=O) groups is 2. The van der Waals surface area contributed by atoms with Gasteiger partial charge in [0, 0.05) is 19.7 Å². The molecule has 20 heavy (non-hydrogen) atoms. The number of nitrogens with zero attached hydrogens (tertiary/aromatic N) is 2. The topological polar surface area (TPSA) is 101 Å². The molecule has 1 aromatic rings. The normalized spacial score (nSPS) is 10.7. The summed E-state index contributed by atoms with van der Waals surface area (Å²) in [4.78, 5) is 25.1. The highest BCUT2D eigenvalue weighted by atomic mass is 35.5. The van der Waals surface area contributed by atoms with Crippen LogP contribution in [0.4, 0.5) is 5.82 Å². The predicted molar refractivity (Wildman–Crippen MR) is 77.6 cm³/mol. The summed E-state index contributed by atoms with van der Waals surface area (Å²) in [7, 11) is 1.56. The monoisotopic (exact) mass is 304 g/mol. The lowest BCUT2D eigenvalue weighted by Crippen LogP contribution is -2.45. The average molecular weight is 305 g/mol. The summed E-state index contributed by atoms with van der Waals surface area (Å²) in [5, 5.41) is 6.19. The molecule has 0 spiro atoms. The van der Waals surface area contributed by atoms with E-state index in [1.807, 2.05) is 0 Å². The Morgan fingerprint density at radius 1 is 1.50 bits per heavy atom. The summed E-state index contributed by atoms with van der Waals surface area (Å²) in [6.07, 6.45) is 0.